The number of nitrogens with zero attached hydrogens (tertiary/aromatic N) is 1. The molecule has 78 valence electrons. The van der Waals surface area contributed by atoms with Crippen LogP contribution in [-0.2, 0) is 4.74 Å². The second kappa shape index (κ2) is 5.58. The van der Waals surface area contributed by atoms with E-state index in [-0.39, 0.29) is 0 Å². The lowest BCUT2D eigenvalue weighted by Gasteiger charge is -2.27. The number of nitrogens with two attached hydrogens (primary N) is 1. The van der Waals surface area contributed by atoms with Gasteiger partial charge in [-0.3, -0.25) is 0 Å². The number of likely N-dealkylation sites (N-methyl/N-ethyl adjacent to an activating group) is 1. The van der Waals surface area contributed by atoms with Crippen LogP contribution in [0.1, 0.15) is 19.3 Å². The first-order valence-electron chi connectivity index (χ1n) is 5.18. The van der Waals surface area contributed by atoms with Crippen molar-refractivity contribution < 1.29 is 4.74 Å². The van der Waals surface area contributed by atoms with Gasteiger partial charge in [0.15, 0.2) is 0 Å². The summed E-state index contributed by atoms with van der Waals surface area (Å²) in [7, 11) is 3.96. The van der Waals surface area contributed by atoms with Gasteiger partial charge in [0.25, 0.3) is 0 Å². The van der Waals surface area contributed by atoms with Gasteiger partial charge in [0, 0.05) is 13.2 Å². The highest BCUT2D eigenvalue weighted by Gasteiger charge is 2.33. The first-order chi connectivity index (χ1) is 6.29. The molecule has 0 amide bonds. The standard InChI is InChI=1S/C10H22N2O/c1-12(7-3-6-11)10(8-13-2)9-4-5-9/h9-10H,3-8,11H2,1-2H3. The summed E-state index contributed by atoms with van der Waals surface area (Å²) in [4.78, 5) is 2.40. The Bertz CT molecular complexity index is 137. The third-order valence-corrected chi connectivity index (χ3v) is 2.78. The van der Waals surface area contributed by atoms with Crippen molar-refractivity contribution in [3.05, 3.63) is 0 Å². The molecule has 0 aromatic rings. The molecule has 0 aliphatic heterocycles. The molecule has 3 nitrogen and oxygen atoms in total. The van der Waals surface area contributed by atoms with E-state index >= 15 is 0 Å². The molecule has 0 bridgehead atoms. The maximum Gasteiger partial charge on any atom is 0.0620 e. The highest BCUT2D eigenvalue weighted by molar-refractivity contribution is 4.87. The van der Waals surface area contributed by atoms with Crippen LogP contribution in [0.4, 0.5) is 0 Å². The lowest BCUT2D eigenvalue weighted by atomic mass is 10.1. The van der Waals surface area contributed by atoms with Gasteiger partial charge in [-0.1, -0.05) is 0 Å². The summed E-state index contributed by atoms with van der Waals surface area (Å²) in [5.74, 6) is 0.878. The van der Waals surface area contributed by atoms with E-state index < -0.39 is 0 Å². The van der Waals surface area contributed by atoms with Crippen LogP contribution in [0.5, 0.6) is 0 Å². The summed E-state index contributed by atoms with van der Waals surface area (Å²) in [5.41, 5.74) is 5.48. The molecule has 0 radical (unpaired) electrons. The largest absolute Gasteiger partial charge is 0.383 e. The Morgan fingerprint density at radius 2 is 2.23 bits per heavy atom. The van der Waals surface area contributed by atoms with E-state index in [4.69, 9.17) is 10.5 Å². The maximum absolute atomic E-state index is 5.48. The highest BCUT2D eigenvalue weighted by atomic mass is 16.5. The summed E-state index contributed by atoms with van der Waals surface area (Å²) in [6, 6.07) is 0.622. The Morgan fingerprint density at radius 3 is 2.69 bits per heavy atom. The van der Waals surface area contributed by atoms with Crippen molar-refractivity contribution in [1.82, 2.24) is 4.90 Å². The molecule has 13 heavy (non-hydrogen) atoms. The van der Waals surface area contributed by atoms with E-state index in [9.17, 15) is 0 Å². The smallest absolute Gasteiger partial charge is 0.0620 e. The van der Waals surface area contributed by atoms with Gasteiger partial charge in [-0.25, -0.2) is 0 Å². The van der Waals surface area contributed by atoms with Crippen LogP contribution in [0, 0.1) is 5.92 Å². The van der Waals surface area contributed by atoms with Gasteiger partial charge in [-0.05, 0) is 45.3 Å². The van der Waals surface area contributed by atoms with Crippen LogP contribution in [0.2, 0.25) is 0 Å². The lowest BCUT2D eigenvalue weighted by molar-refractivity contribution is 0.0936. The van der Waals surface area contributed by atoms with Crippen molar-refractivity contribution in [3.63, 3.8) is 0 Å². The van der Waals surface area contributed by atoms with Crippen molar-refractivity contribution >= 4 is 0 Å². The van der Waals surface area contributed by atoms with E-state index in [0.717, 1.165) is 32.0 Å². The molecule has 1 saturated carbocycles. The number of ether oxygens (including phenoxy) is 1. The van der Waals surface area contributed by atoms with Crippen LogP contribution < -0.4 is 5.73 Å². The van der Waals surface area contributed by atoms with Crippen LogP contribution in [0.15, 0.2) is 0 Å². The Balaban J connectivity index is 2.25. The number of methoxy groups -OCH3 is 1. The second-order valence-corrected chi connectivity index (χ2v) is 3.98. The number of rotatable bonds is 7. The van der Waals surface area contributed by atoms with Crippen LogP contribution in [0.3, 0.4) is 0 Å². The summed E-state index contributed by atoms with van der Waals surface area (Å²) < 4.78 is 5.23. The molecular formula is C10H22N2O. The normalized spacial score (nSPS) is 19.4. The molecule has 2 N–H and O–H groups in total. The molecule has 0 spiro atoms. The SMILES string of the molecule is COCC(C1CC1)N(C)CCCN. The molecule has 1 fully saturated rings. The minimum absolute atomic E-state index is 0.622. The van der Waals surface area contributed by atoms with Crippen LogP contribution >= 0.6 is 0 Å². The fourth-order valence-corrected chi connectivity index (χ4v) is 1.78. The highest BCUT2D eigenvalue weighted by Crippen LogP contribution is 2.35. The predicted molar refractivity (Wildman–Crippen MR) is 54.7 cm³/mol. The number of hydrogen-bond acceptors (Lipinski definition) is 3. The van der Waals surface area contributed by atoms with Crippen molar-refractivity contribution in [3.8, 4) is 0 Å². The zero-order valence-electron chi connectivity index (χ0n) is 8.83. The maximum atomic E-state index is 5.48. The fourth-order valence-electron chi connectivity index (χ4n) is 1.78. The molecule has 0 saturated heterocycles. The molecule has 0 aromatic heterocycles. The third-order valence-electron chi connectivity index (χ3n) is 2.78. The monoisotopic (exact) mass is 186 g/mol. The molecule has 1 unspecified atom stereocenters. The van der Waals surface area contributed by atoms with Crippen molar-refractivity contribution in [1.29, 1.82) is 0 Å². The quantitative estimate of drug-likeness (QED) is 0.636. The molecule has 0 aromatic carbocycles. The van der Waals surface area contributed by atoms with Crippen LogP contribution in [0.25, 0.3) is 0 Å². The molecule has 1 atom stereocenters. The van der Waals surface area contributed by atoms with E-state index in [2.05, 4.69) is 11.9 Å². The fraction of sp³-hybridized carbons (Fsp3) is 1.00. The lowest BCUT2D eigenvalue weighted by Crippen LogP contribution is -2.38. The topological polar surface area (TPSA) is 38.5 Å². The summed E-state index contributed by atoms with van der Waals surface area (Å²) in [6.45, 7) is 2.75. The Hall–Kier alpha value is -0.120. The molecular weight excluding hydrogens is 164 g/mol. The Labute approximate surface area is 81.2 Å². The molecule has 3 heteroatoms. The van der Waals surface area contributed by atoms with E-state index in [1.165, 1.54) is 12.8 Å². The van der Waals surface area contributed by atoms with Gasteiger partial charge in [0.1, 0.15) is 0 Å². The average Bonchev–Trinajstić information content (AvgIpc) is 2.93. The molecule has 1 rings (SSSR count). The minimum atomic E-state index is 0.622. The first kappa shape index (κ1) is 11.0. The van der Waals surface area contributed by atoms with Crippen molar-refractivity contribution in [2.45, 2.75) is 25.3 Å². The molecule has 0 heterocycles. The predicted octanol–water partition coefficient (Wildman–Crippen LogP) is 0.692. The Morgan fingerprint density at radius 1 is 1.54 bits per heavy atom. The number of hydrogen-bond donors (Lipinski definition) is 1. The second-order valence-electron chi connectivity index (χ2n) is 3.98. The van der Waals surface area contributed by atoms with Crippen molar-refractivity contribution in [2.75, 3.05) is 33.9 Å². The van der Waals surface area contributed by atoms with Gasteiger partial charge in [-0.2, -0.15) is 0 Å². The van der Waals surface area contributed by atoms with Gasteiger partial charge in [0.2, 0.25) is 0 Å². The summed E-state index contributed by atoms with van der Waals surface area (Å²) in [5, 5.41) is 0. The van der Waals surface area contributed by atoms with Gasteiger partial charge < -0.3 is 15.4 Å². The molecule has 1 aliphatic carbocycles. The first-order valence-corrected chi connectivity index (χ1v) is 5.18. The zero-order chi connectivity index (χ0) is 9.68. The zero-order valence-corrected chi connectivity index (χ0v) is 8.83. The minimum Gasteiger partial charge on any atom is -0.383 e. The van der Waals surface area contributed by atoms with E-state index in [0.29, 0.717) is 6.04 Å². The van der Waals surface area contributed by atoms with Crippen LogP contribution in [-0.4, -0.2) is 44.8 Å². The average molecular weight is 186 g/mol. The third kappa shape index (κ3) is 3.63. The Kier molecular flexibility index (Phi) is 4.70. The summed E-state index contributed by atoms with van der Waals surface area (Å²) >= 11 is 0. The van der Waals surface area contributed by atoms with E-state index in [1.54, 1.807) is 7.11 Å². The molecule has 1 aliphatic rings. The van der Waals surface area contributed by atoms with Gasteiger partial charge in [-0.15, -0.1) is 0 Å². The van der Waals surface area contributed by atoms with Gasteiger partial charge in [0.05, 0.1) is 6.61 Å². The summed E-state index contributed by atoms with van der Waals surface area (Å²) in [6.07, 6.45) is 3.84. The van der Waals surface area contributed by atoms with E-state index in [1.807, 2.05) is 0 Å². The van der Waals surface area contributed by atoms with Gasteiger partial charge >= 0.3 is 0 Å². The van der Waals surface area contributed by atoms with Crippen molar-refractivity contribution in [2.24, 2.45) is 11.7 Å².